The van der Waals surface area contributed by atoms with Gasteiger partial charge in [0.2, 0.25) is 47.3 Å². The molecule has 3 heterocycles. The number of amides is 8. The van der Waals surface area contributed by atoms with Gasteiger partial charge in [-0.1, -0.05) is 0 Å². The first-order valence-corrected chi connectivity index (χ1v) is 32.4. The molecule has 14 atom stereocenters. The standard InChI is InChI=1S/C59H107N9O26/c1-37(72)67-50-55(84)53(82)41(32-70)93-57(50)90-25-7-4-13-44(76)62-19-10-22-65-47(79)16-28-87-35-59(60,34-86-27-15-46(78)64-21-9-18-61-43(75)12-3-6-24-89-49-30-39(74)52(81)40(31-69)92-49)36-88-29-17-48(80)66-23-11-20-63-45(77)14-5-8-26-91-58-51(68-38(2)73)56(85)54(83)42(33-71)94-58/h39-42,49-58,69-71,74,81-85H,3-36,60H2,1-2H3,(H,61,75)(H,62,76)(H,63,77)(H,64,78)(H,65,79)(H,66,80)(H,67,72)(H,68,73)/t39-,40-,41-,42-,49-,50-,51-,52-,53+,54+,55-,56-,57-,58-/m1/s1. The van der Waals surface area contributed by atoms with Crippen molar-refractivity contribution in [1.82, 2.24) is 42.5 Å². The van der Waals surface area contributed by atoms with E-state index in [-0.39, 0.29) is 173 Å². The van der Waals surface area contributed by atoms with Gasteiger partial charge in [0.1, 0.15) is 60.9 Å². The van der Waals surface area contributed by atoms with Crippen LogP contribution >= 0.6 is 0 Å². The molecule has 3 fully saturated rings. The predicted octanol–water partition coefficient (Wildman–Crippen LogP) is -6.95. The van der Waals surface area contributed by atoms with Crippen LogP contribution in [0.2, 0.25) is 0 Å². The molecule has 3 rings (SSSR count). The van der Waals surface area contributed by atoms with Crippen molar-refractivity contribution in [2.75, 3.05) is 119 Å². The summed E-state index contributed by atoms with van der Waals surface area (Å²) >= 11 is 0. The molecule has 35 nitrogen and oxygen atoms in total. The highest BCUT2D eigenvalue weighted by Crippen LogP contribution is 2.25. The average molecular weight is 1360 g/mol. The SMILES string of the molecule is CC(=O)N[C@H]1[C@H](OCCCCC(=O)NCCCNC(=O)CCOCC(N)(COCCC(=O)NCCCNC(=O)CCCCO[C@H]2C[C@@H](O)[C@@H](O)[C@@H](CO)O2)COCCC(=O)NCCCNC(=O)CCCCO[C@@H]2O[C@H](CO)[C@H](O)[C@H](O)[C@H]2NC(C)=O)O[C@H](CO)[C@H](O)[C@@H]1O. The third-order valence-electron chi connectivity index (χ3n) is 15.1. The summed E-state index contributed by atoms with van der Waals surface area (Å²) in [5, 5.41) is 111. The van der Waals surface area contributed by atoms with E-state index in [2.05, 4.69) is 42.5 Å². The molecule has 0 bridgehead atoms. The molecule has 3 aliphatic heterocycles. The van der Waals surface area contributed by atoms with Crippen LogP contribution < -0.4 is 48.3 Å². The summed E-state index contributed by atoms with van der Waals surface area (Å²) in [6.45, 7) is 2.56. The molecule has 94 heavy (non-hydrogen) atoms. The van der Waals surface area contributed by atoms with Crippen LogP contribution in [0.5, 0.6) is 0 Å². The third-order valence-corrected chi connectivity index (χ3v) is 15.1. The summed E-state index contributed by atoms with van der Waals surface area (Å²) in [7, 11) is 0. The van der Waals surface area contributed by atoms with Crippen molar-refractivity contribution in [3.63, 3.8) is 0 Å². The van der Waals surface area contributed by atoms with E-state index in [0.29, 0.717) is 64.3 Å². The molecule has 0 saturated carbocycles. The number of hydrogen-bond donors (Lipinski definition) is 18. The minimum absolute atomic E-state index is 0.0149. The molecule has 0 aromatic rings. The zero-order valence-corrected chi connectivity index (χ0v) is 54.2. The number of aliphatic hydroxyl groups excluding tert-OH is 9. The maximum atomic E-state index is 12.6. The topological polar surface area (TPSA) is 524 Å². The van der Waals surface area contributed by atoms with Crippen molar-refractivity contribution in [3.8, 4) is 0 Å². The Morgan fingerprint density at radius 3 is 1.03 bits per heavy atom. The van der Waals surface area contributed by atoms with Gasteiger partial charge in [0.25, 0.3) is 0 Å². The number of nitrogens with two attached hydrogens (primary N) is 1. The predicted molar refractivity (Wildman–Crippen MR) is 328 cm³/mol. The highest BCUT2D eigenvalue weighted by Gasteiger charge is 2.47. The Hall–Kier alpha value is -5.00. The summed E-state index contributed by atoms with van der Waals surface area (Å²) in [6.07, 6.45) is -9.55. The van der Waals surface area contributed by atoms with Gasteiger partial charge in [0.15, 0.2) is 18.9 Å². The fourth-order valence-electron chi connectivity index (χ4n) is 9.78. The number of rotatable bonds is 50. The average Bonchev–Trinajstić information content (AvgIpc) is 0.828. The largest absolute Gasteiger partial charge is 0.394 e. The van der Waals surface area contributed by atoms with Gasteiger partial charge < -0.3 is 137 Å². The van der Waals surface area contributed by atoms with Crippen LogP contribution in [0, 0.1) is 0 Å². The van der Waals surface area contributed by atoms with Crippen LogP contribution in [0.1, 0.15) is 117 Å². The Balaban J connectivity index is 1.32. The molecule has 19 N–H and O–H groups in total. The maximum Gasteiger partial charge on any atom is 0.222 e. The third kappa shape index (κ3) is 34.3. The van der Waals surface area contributed by atoms with E-state index < -0.39 is 123 Å². The Labute approximate surface area is 547 Å². The van der Waals surface area contributed by atoms with Gasteiger partial charge in [-0.25, -0.2) is 0 Å². The van der Waals surface area contributed by atoms with E-state index >= 15 is 0 Å². The van der Waals surface area contributed by atoms with Crippen molar-refractivity contribution in [2.24, 2.45) is 5.73 Å². The van der Waals surface area contributed by atoms with E-state index in [4.69, 9.17) is 48.4 Å². The van der Waals surface area contributed by atoms with Gasteiger partial charge in [-0.05, 0) is 57.8 Å². The molecule has 544 valence electrons. The lowest BCUT2D eigenvalue weighted by molar-refractivity contribution is -0.270. The molecule has 0 radical (unpaired) electrons. The van der Waals surface area contributed by atoms with Gasteiger partial charge in [-0.15, -0.1) is 0 Å². The molecule has 3 aliphatic rings. The summed E-state index contributed by atoms with van der Waals surface area (Å²) in [5.41, 5.74) is 5.40. The molecule has 0 spiro atoms. The summed E-state index contributed by atoms with van der Waals surface area (Å²) in [6, 6.07) is -2.14. The monoisotopic (exact) mass is 1360 g/mol. The number of unbranched alkanes of at least 4 members (excludes halogenated alkanes) is 3. The van der Waals surface area contributed by atoms with Crippen LogP contribution in [0.15, 0.2) is 0 Å². The highest BCUT2D eigenvalue weighted by molar-refractivity contribution is 5.78. The molecule has 0 aromatic carbocycles. The van der Waals surface area contributed by atoms with Gasteiger partial charge >= 0.3 is 0 Å². The molecule has 0 unspecified atom stereocenters. The first kappa shape index (κ1) is 83.2. The smallest absolute Gasteiger partial charge is 0.222 e. The Bertz CT molecular complexity index is 2100. The van der Waals surface area contributed by atoms with E-state index in [0.717, 1.165) is 0 Å². The Morgan fingerprint density at radius 1 is 0.404 bits per heavy atom. The normalized spacial score (nSPS) is 25.4. The molecule has 0 aliphatic carbocycles. The number of ether oxygens (including phenoxy) is 9. The van der Waals surface area contributed by atoms with Gasteiger partial charge in [0, 0.05) is 118 Å². The molecule has 8 amide bonds. The maximum absolute atomic E-state index is 12.6. The second kappa shape index (κ2) is 47.8. The minimum Gasteiger partial charge on any atom is -0.394 e. The van der Waals surface area contributed by atoms with Crippen LogP contribution in [-0.2, 0) is 81.0 Å². The fourth-order valence-corrected chi connectivity index (χ4v) is 9.78. The first-order valence-electron chi connectivity index (χ1n) is 32.4. The van der Waals surface area contributed by atoms with Gasteiger partial charge in [-0.2, -0.15) is 0 Å². The number of nitrogens with one attached hydrogen (secondary N) is 8. The quantitative estimate of drug-likeness (QED) is 0.0252. The van der Waals surface area contributed by atoms with Crippen LogP contribution in [0.25, 0.3) is 0 Å². The zero-order valence-electron chi connectivity index (χ0n) is 54.2. The summed E-state index contributed by atoms with van der Waals surface area (Å²) < 4.78 is 50.8. The Kier molecular flexibility index (Phi) is 42.4. The zero-order chi connectivity index (χ0) is 69.3. The lowest BCUT2D eigenvalue weighted by atomic mass is 9.97. The Morgan fingerprint density at radius 2 is 0.713 bits per heavy atom. The second-order valence-corrected chi connectivity index (χ2v) is 23.4. The van der Waals surface area contributed by atoms with Crippen molar-refractivity contribution < 1.29 is 127 Å². The minimum atomic E-state index is -1.44. The number of carbonyl (C=O) groups excluding carboxylic acids is 8. The van der Waals surface area contributed by atoms with Gasteiger partial charge in [0.05, 0.1) is 71.1 Å². The number of aliphatic hydroxyl groups is 9. The van der Waals surface area contributed by atoms with Crippen LogP contribution in [-0.4, -0.2) is 303 Å². The molecule has 3 saturated heterocycles. The van der Waals surface area contributed by atoms with E-state index in [1.165, 1.54) is 13.8 Å². The van der Waals surface area contributed by atoms with Crippen LogP contribution in [0.4, 0.5) is 0 Å². The first-order chi connectivity index (χ1) is 45.0. The van der Waals surface area contributed by atoms with E-state index in [1.54, 1.807) is 0 Å². The summed E-state index contributed by atoms with van der Waals surface area (Å²) in [4.78, 5) is 98.3. The molecular formula is C59H107N9O26. The van der Waals surface area contributed by atoms with Gasteiger partial charge in [-0.3, -0.25) is 38.4 Å². The van der Waals surface area contributed by atoms with Crippen LogP contribution in [0.3, 0.4) is 0 Å². The summed E-state index contributed by atoms with van der Waals surface area (Å²) in [5.74, 6) is -2.52. The molecule has 0 aromatic heterocycles. The molecule has 35 heteroatoms. The second-order valence-electron chi connectivity index (χ2n) is 23.4. The van der Waals surface area contributed by atoms with E-state index in [9.17, 15) is 84.3 Å². The lowest BCUT2D eigenvalue weighted by Gasteiger charge is -2.42. The van der Waals surface area contributed by atoms with Crippen molar-refractivity contribution in [2.45, 2.75) is 208 Å². The van der Waals surface area contributed by atoms with E-state index in [1.807, 2.05) is 0 Å². The lowest BCUT2D eigenvalue weighted by Crippen LogP contribution is -2.64. The number of carbonyl (C=O) groups is 8. The van der Waals surface area contributed by atoms with Crippen molar-refractivity contribution in [1.29, 1.82) is 0 Å². The fraction of sp³-hybridized carbons (Fsp3) is 0.864. The highest BCUT2D eigenvalue weighted by atomic mass is 16.7. The number of hydrogen-bond acceptors (Lipinski definition) is 27. The molecular weight excluding hydrogens is 1250 g/mol. The van der Waals surface area contributed by atoms with Crippen molar-refractivity contribution in [3.05, 3.63) is 0 Å². The van der Waals surface area contributed by atoms with Crippen molar-refractivity contribution >= 4 is 47.3 Å².